The molecule has 0 saturated carbocycles. The van der Waals surface area contributed by atoms with Gasteiger partial charge in [-0.1, -0.05) is 58.2 Å². The van der Waals surface area contributed by atoms with E-state index in [0.29, 0.717) is 0 Å². The van der Waals surface area contributed by atoms with Gasteiger partial charge < -0.3 is 0 Å². The first-order valence-electron chi connectivity index (χ1n) is 11.2. The number of allylic oxidation sites excluding steroid dienone is 10. The zero-order chi connectivity index (χ0) is 21.5. The van der Waals surface area contributed by atoms with E-state index < -0.39 is 0 Å². The van der Waals surface area contributed by atoms with Crippen LogP contribution in [0.3, 0.4) is 0 Å². The molecular formula is C28H42S. The zero-order valence-corrected chi connectivity index (χ0v) is 20.5. The molecule has 0 N–H and O–H groups in total. The maximum atomic E-state index is 2.44. The molecule has 1 aromatic heterocycles. The SMILES string of the molecule is CC(C)=CC(C)=CCCC(C)=CCCC(C)=CCCC(C)=CCCc1ccsc1. The Morgan fingerprint density at radius 1 is 0.724 bits per heavy atom. The third kappa shape index (κ3) is 14.1. The molecule has 0 aliphatic heterocycles. The lowest BCUT2D eigenvalue weighted by Gasteiger charge is -2.03. The molecule has 0 nitrogen and oxygen atoms in total. The largest absolute Gasteiger partial charge is 0.152 e. The minimum atomic E-state index is 1.14. The second-order valence-electron chi connectivity index (χ2n) is 8.61. The van der Waals surface area contributed by atoms with Crippen LogP contribution in [0.5, 0.6) is 0 Å². The lowest BCUT2D eigenvalue weighted by atomic mass is 10.0. The van der Waals surface area contributed by atoms with Gasteiger partial charge in [0.25, 0.3) is 0 Å². The summed E-state index contributed by atoms with van der Waals surface area (Å²) < 4.78 is 0. The topological polar surface area (TPSA) is 0 Å². The van der Waals surface area contributed by atoms with Crippen LogP contribution in [0.2, 0.25) is 0 Å². The molecule has 0 unspecified atom stereocenters. The van der Waals surface area contributed by atoms with Gasteiger partial charge in [-0.15, -0.1) is 0 Å². The molecule has 1 aromatic rings. The summed E-state index contributed by atoms with van der Waals surface area (Å²) in [5.74, 6) is 0. The second kappa shape index (κ2) is 15.3. The monoisotopic (exact) mass is 410 g/mol. The van der Waals surface area contributed by atoms with Crippen LogP contribution in [0, 0.1) is 0 Å². The van der Waals surface area contributed by atoms with Crippen molar-refractivity contribution in [3.8, 4) is 0 Å². The first-order chi connectivity index (χ1) is 13.9. The number of hydrogen-bond donors (Lipinski definition) is 0. The normalized spacial score (nSPS) is 13.7. The van der Waals surface area contributed by atoms with Gasteiger partial charge in [-0.25, -0.2) is 0 Å². The summed E-state index contributed by atoms with van der Waals surface area (Å²) in [6.07, 6.45) is 21.3. The van der Waals surface area contributed by atoms with E-state index in [1.54, 1.807) is 11.3 Å². The van der Waals surface area contributed by atoms with E-state index in [2.05, 4.69) is 88.7 Å². The summed E-state index contributed by atoms with van der Waals surface area (Å²) in [7, 11) is 0. The van der Waals surface area contributed by atoms with Crippen molar-refractivity contribution in [2.24, 2.45) is 0 Å². The maximum Gasteiger partial charge on any atom is -0.00611 e. The molecule has 1 heterocycles. The van der Waals surface area contributed by atoms with Crippen LogP contribution in [0.1, 0.15) is 92.1 Å². The highest BCUT2D eigenvalue weighted by Gasteiger charge is 1.95. The summed E-state index contributed by atoms with van der Waals surface area (Å²) in [5.41, 5.74) is 8.79. The van der Waals surface area contributed by atoms with E-state index >= 15 is 0 Å². The van der Waals surface area contributed by atoms with Crippen molar-refractivity contribution in [1.82, 2.24) is 0 Å². The third-order valence-electron chi connectivity index (χ3n) is 5.09. The fourth-order valence-electron chi connectivity index (χ4n) is 3.36. The predicted octanol–water partition coefficient (Wildman–Crippen LogP) is 9.77. The van der Waals surface area contributed by atoms with Crippen molar-refractivity contribution in [1.29, 1.82) is 0 Å². The van der Waals surface area contributed by atoms with Crippen LogP contribution in [-0.2, 0) is 6.42 Å². The summed E-state index contributed by atoms with van der Waals surface area (Å²) in [5, 5.41) is 4.42. The number of rotatable bonds is 13. The van der Waals surface area contributed by atoms with Crippen molar-refractivity contribution in [3.05, 3.63) is 80.6 Å². The smallest absolute Gasteiger partial charge is 0.00611 e. The number of hydrogen-bond acceptors (Lipinski definition) is 1. The molecule has 29 heavy (non-hydrogen) atoms. The first-order valence-corrected chi connectivity index (χ1v) is 12.1. The highest BCUT2D eigenvalue weighted by molar-refractivity contribution is 7.07. The number of aryl methyl sites for hydroxylation is 1. The van der Waals surface area contributed by atoms with Crippen molar-refractivity contribution >= 4 is 11.3 Å². The minimum Gasteiger partial charge on any atom is -0.152 e. The molecule has 0 aromatic carbocycles. The Balaban J connectivity index is 2.22. The van der Waals surface area contributed by atoms with E-state index in [-0.39, 0.29) is 0 Å². The Hall–Kier alpha value is -1.60. The Morgan fingerprint density at radius 3 is 1.72 bits per heavy atom. The Labute approximate surface area is 184 Å². The van der Waals surface area contributed by atoms with Crippen LogP contribution in [-0.4, -0.2) is 0 Å². The molecule has 0 bridgehead atoms. The lowest BCUT2D eigenvalue weighted by Crippen LogP contribution is -1.83. The van der Waals surface area contributed by atoms with E-state index in [4.69, 9.17) is 0 Å². The van der Waals surface area contributed by atoms with E-state index in [0.717, 1.165) is 6.42 Å². The molecule has 1 heteroatoms. The summed E-state index contributed by atoms with van der Waals surface area (Å²) in [6, 6.07) is 2.23. The number of thiophene rings is 1. The summed E-state index contributed by atoms with van der Waals surface area (Å²) in [4.78, 5) is 0. The van der Waals surface area contributed by atoms with Crippen molar-refractivity contribution in [2.75, 3.05) is 0 Å². The van der Waals surface area contributed by atoms with Crippen LogP contribution in [0.25, 0.3) is 0 Å². The van der Waals surface area contributed by atoms with Crippen molar-refractivity contribution < 1.29 is 0 Å². The fraction of sp³-hybridized carbons (Fsp3) is 0.500. The van der Waals surface area contributed by atoms with Crippen molar-refractivity contribution in [3.63, 3.8) is 0 Å². The highest BCUT2D eigenvalue weighted by atomic mass is 32.1. The van der Waals surface area contributed by atoms with E-state index in [1.165, 1.54) is 78.4 Å². The van der Waals surface area contributed by atoms with Gasteiger partial charge >= 0.3 is 0 Å². The summed E-state index contributed by atoms with van der Waals surface area (Å²) >= 11 is 1.79. The summed E-state index contributed by atoms with van der Waals surface area (Å²) in [6.45, 7) is 13.3. The van der Waals surface area contributed by atoms with Gasteiger partial charge in [-0.2, -0.15) is 11.3 Å². The third-order valence-corrected chi connectivity index (χ3v) is 5.82. The van der Waals surface area contributed by atoms with Gasteiger partial charge in [0.05, 0.1) is 0 Å². The van der Waals surface area contributed by atoms with Gasteiger partial charge in [0.2, 0.25) is 0 Å². The molecule has 160 valence electrons. The van der Waals surface area contributed by atoms with E-state index in [1.807, 2.05) is 0 Å². The van der Waals surface area contributed by atoms with Crippen LogP contribution < -0.4 is 0 Å². The van der Waals surface area contributed by atoms with Gasteiger partial charge in [0.15, 0.2) is 0 Å². The highest BCUT2D eigenvalue weighted by Crippen LogP contribution is 2.15. The van der Waals surface area contributed by atoms with Gasteiger partial charge in [-0.05, 0) is 115 Å². The van der Waals surface area contributed by atoms with Gasteiger partial charge in [-0.3, -0.25) is 0 Å². The molecule has 0 saturated heterocycles. The second-order valence-corrected chi connectivity index (χ2v) is 9.39. The molecule has 0 amide bonds. The molecule has 0 radical (unpaired) electrons. The van der Waals surface area contributed by atoms with Crippen molar-refractivity contribution in [2.45, 2.75) is 92.9 Å². The van der Waals surface area contributed by atoms with Crippen LogP contribution in [0.4, 0.5) is 0 Å². The maximum absolute atomic E-state index is 2.44. The Morgan fingerprint density at radius 2 is 1.24 bits per heavy atom. The molecular weight excluding hydrogens is 368 g/mol. The fourth-order valence-corrected chi connectivity index (χ4v) is 4.06. The Kier molecular flexibility index (Phi) is 13.4. The average molecular weight is 411 g/mol. The molecule has 0 aliphatic rings. The van der Waals surface area contributed by atoms with Crippen LogP contribution in [0.15, 0.2) is 75.1 Å². The molecule has 1 rings (SSSR count). The lowest BCUT2D eigenvalue weighted by molar-refractivity contribution is 0.894. The molecule has 0 spiro atoms. The van der Waals surface area contributed by atoms with Gasteiger partial charge in [0.1, 0.15) is 0 Å². The minimum absolute atomic E-state index is 1.14. The van der Waals surface area contributed by atoms with Gasteiger partial charge in [0, 0.05) is 0 Å². The van der Waals surface area contributed by atoms with Crippen LogP contribution >= 0.6 is 11.3 Å². The van der Waals surface area contributed by atoms with E-state index in [9.17, 15) is 0 Å². The molecule has 0 atom stereocenters. The predicted molar refractivity (Wildman–Crippen MR) is 135 cm³/mol. The Bertz CT molecular complexity index is 716. The molecule has 0 aliphatic carbocycles. The standard InChI is InChI=1S/C28H42S/c1-23(2)21-27(6)17-9-15-25(4)13-7-11-24(3)12-8-14-26(5)16-10-18-28-19-20-29-22-28/h12-13,16-17,19-22H,7-11,14-15,18H2,1-6H3. The zero-order valence-electron chi connectivity index (χ0n) is 19.7. The quantitative estimate of drug-likeness (QED) is 0.224. The first kappa shape index (κ1) is 25.4. The average Bonchev–Trinajstić information content (AvgIpc) is 3.14. The molecule has 0 fully saturated rings.